The maximum atomic E-state index is 10.2. The van der Waals surface area contributed by atoms with Crippen LogP contribution in [0.15, 0.2) is 17.8 Å². The first-order valence-corrected chi connectivity index (χ1v) is 4.81. The summed E-state index contributed by atoms with van der Waals surface area (Å²) in [7, 11) is 0. The third-order valence-electron chi connectivity index (χ3n) is 1.90. The van der Waals surface area contributed by atoms with E-state index in [1.54, 1.807) is 11.3 Å². The van der Waals surface area contributed by atoms with Gasteiger partial charge in [0.05, 0.1) is 12.2 Å². The molecule has 2 heterocycles. The molecule has 1 N–H and O–H groups in total. The van der Waals surface area contributed by atoms with E-state index >= 15 is 0 Å². The maximum absolute atomic E-state index is 10.2. The summed E-state index contributed by atoms with van der Waals surface area (Å²) in [6, 6.07) is -0.0467. The second kappa shape index (κ2) is 3.18. The van der Waals surface area contributed by atoms with Gasteiger partial charge >= 0.3 is 0 Å². The molecule has 0 radical (unpaired) electrons. The molecule has 1 amide bonds. The Kier molecular flexibility index (Phi) is 2.02. The van der Waals surface area contributed by atoms with Gasteiger partial charge in [0.25, 0.3) is 0 Å². The van der Waals surface area contributed by atoms with Gasteiger partial charge in [-0.05, 0) is 6.92 Å². The number of hydrogen-bond acceptors (Lipinski definition) is 3. The number of rotatable bonds is 3. The maximum Gasteiger partial charge on any atom is 0.207 e. The van der Waals surface area contributed by atoms with Crippen molar-refractivity contribution in [3.05, 3.63) is 23.6 Å². The molecule has 5 heteroatoms. The summed E-state index contributed by atoms with van der Waals surface area (Å²) in [5, 5.41) is 4.66. The smallest absolute Gasteiger partial charge is 0.207 e. The van der Waals surface area contributed by atoms with Crippen LogP contribution in [0.3, 0.4) is 0 Å². The van der Waals surface area contributed by atoms with Crippen LogP contribution in [0.1, 0.15) is 18.8 Å². The molecule has 0 unspecified atom stereocenters. The zero-order valence-corrected chi connectivity index (χ0v) is 7.91. The first-order chi connectivity index (χ1) is 6.33. The highest BCUT2D eigenvalue weighted by molar-refractivity contribution is 7.15. The van der Waals surface area contributed by atoms with Gasteiger partial charge in [0, 0.05) is 11.6 Å². The molecule has 0 aliphatic heterocycles. The fourth-order valence-corrected chi connectivity index (χ4v) is 1.96. The molecule has 68 valence electrons. The van der Waals surface area contributed by atoms with Gasteiger partial charge in [0.2, 0.25) is 6.41 Å². The minimum atomic E-state index is -0.0467. The van der Waals surface area contributed by atoms with Crippen LogP contribution in [0.2, 0.25) is 0 Å². The Morgan fingerprint density at radius 3 is 3.38 bits per heavy atom. The van der Waals surface area contributed by atoms with Crippen LogP contribution in [0, 0.1) is 0 Å². The largest absolute Gasteiger partial charge is 0.349 e. The second-order valence-electron chi connectivity index (χ2n) is 2.73. The first kappa shape index (κ1) is 8.25. The molecule has 4 nitrogen and oxygen atoms in total. The number of nitrogens with one attached hydrogen (secondary N) is 1. The summed E-state index contributed by atoms with van der Waals surface area (Å²) in [5.74, 6) is 0.864. The molecule has 1 atom stereocenters. The summed E-state index contributed by atoms with van der Waals surface area (Å²) in [6.07, 6.45) is 4.45. The van der Waals surface area contributed by atoms with Gasteiger partial charge in [-0.3, -0.25) is 9.20 Å². The molecule has 13 heavy (non-hydrogen) atoms. The number of thiazole rings is 1. The van der Waals surface area contributed by atoms with E-state index in [0.29, 0.717) is 6.41 Å². The average Bonchev–Trinajstić information content (AvgIpc) is 2.62. The fraction of sp³-hybridized carbons (Fsp3) is 0.250. The lowest BCUT2D eigenvalue weighted by molar-refractivity contribution is -0.110. The minimum Gasteiger partial charge on any atom is -0.349 e. The second-order valence-corrected chi connectivity index (χ2v) is 3.66. The van der Waals surface area contributed by atoms with Crippen molar-refractivity contribution in [1.29, 1.82) is 0 Å². The Labute approximate surface area is 79.2 Å². The highest BCUT2D eigenvalue weighted by Crippen LogP contribution is 2.17. The Bertz CT molecular complexity index is 420. The van der Waals surface area contributed by atoms with Crippen molar-refractivity contribution >= 4 is 22.6 Å². The summed E-state index contributed by atoms with van der Waals surface area (Å²) in [5.41, 5.74) is 0. The van der Waals surface area contributed by atoms with E-state index in [-0.39, 0.29) is 6.04 Å². The summed E-state index contributed by atoms with van der Waals surface area (Å²) in [4.78, 5) is 15.6. The lowest BCUT2D eigenvalue weighted by Crippen LogP contribution is -2.18. The van der Waals surface area contributed by atoms with Crippen molar-refractivity contribution in [3.8, 4) is 0 Å². The molecule has 0 saturated carbocycles. The van der Waals surface area contributed by atoms with Crippen LogP contribution >= 0.6 is 11.3 Å². The van der Waals surface area contributed by atoms with Crippen molar-refractivity contribution < 1.29 is 4.79 Å². The van der Waals surface area contributed by atoms with Crippen molar-refractivity contribution in [1.82, 2.24) is 14.7 Å². The Morgan fingerprint density at radius 1 is 1.77 bits per heavy atom. The topological polar surface area (TPSA) is 46.4 Å². The predicted molar refractivity (Wildman–Crippen MR) is 50.7 cm³/mol. The fourth-order valence-electron chi connectivity index (χ4n) is 1.25. The molecule has 0 saturated heterocycles. The summed E-state index contributed by atoms with van der Waals surface area (Å²) < 4.78 is 1.98. The first-order valence-electron chi connectivity index (χ1n) is 3.93. The predicted octanol–water partition coefficient (Wildman–Crippen LogP) is 1.20. The molecular formula is C8H9N3OS. The van der Waals surface area contributed by atoms with Crippen molar-refractivity contribution in [2.24, 2.45) is 0 Å². The number of nitrogens with zero attached hydrogens (tertiary/aromatic N) is 2. The number of imidazole rings is 1. The molecule has 2 aromatic heterocycles. The van der Waals surface area contributed by atoms with Gasteiger partial charge in [-0.2, -0.15) is 0 Å². The molecule has 2 aromatic rings. The Hall–Kier alpha value is -1.36. The van der Waals surface area contributed by atoms with Crippen molar-refractivity contribution in [3.63, 3.8) is 0 Å². The van der Waals surface area contributed by atoms with Crippen LogP contribution in [0.5, 0.6) is 0 Å². The van der Waals surface area contributed by atoms with Gasteiger partial charge in [-0.1, -0.05) is 0 Å². The SMILES string of the molecule is C[C@H](NC=O)c1ncc2sccn12. The molecule has 0 aliphatic rings. The standard InChI is InChI=1S/C8H9N3OS/c1-6(10-5-12)8-9-4-7-11(8)2-3-13-7/h2-6H,1H3,(H,10,12)/t6-/m0/s1. The van der Waals surface area contributed by atoms with Gasteiger partial charge in [0.1, 0.15) is 10.7 Å². The van der Waals surface area contributed by atoms with Gasteiger partial charge in [-0.25, -0.2) is 4.98 Å². The zero-order chi connectivity index (χ0) is 9.26. The third-order valence-corrected chi connectivity index (χ3v) is 2.70. The van der Waals surface area contributed by atoms with Crippen LogP contribution in [-0.2, 0) is 4.79 Å². The molecule has 2 rings (SSSR count). The van der Waals surface area contributed by atoms with Gasteiger partial charge in [-0.15, -0.1) is 11.3 Å². The van der Waals surface area contributed by atoms with E-state index in [2.05, 4.69) is 10.3 Å². The number of carbonyl (C=O) groups is 1. The Morgan fingerprint density at radius 2 is 2.62 bits per heavy atom. The van der Waals surface area contributed by atoms with E-state index in [0.717, 1.165) is 10.7 Å². The van der Waals surface area contributed by atoms with E-state index in [9.17, 15) is 4.79 Å². The van der Waals surface area contributed by atoms with E-state index in [4.69, 9.17) is 0 Å². The van der Waals surface area contributed by atoms with Crippen LogP contribution < -0.4 is 5.32 Å². The molecule has 0 bridgehead atoms. The van der Waals surface area contributed by atoms with Crippen LogP contribution in [-0.4, -0.2) is 15.8 Å². The molecule has 0 aliphatic carbocycles. The number of hydrogen-bond donors (Lipinski definition) is 1. The normalized spacial score (nSPS) is 13.0. The molecular weight excluding hydrogens is 186 g/mol. The highest BCUT2D eigenvalue weighted by Gasteiger charge is 2.10. The lowest BCUT2D eigenvalue weighted by Gasteiger charge is -2.06. The summed E-state index contributed by atoms with van der Waals surface area (Å²) in [6.45, 7) is 1.90. The highest BCUT2D eigenvalue weighted by atomic mass is 32.1. The number of fused-ring (bicyclic) bond motifs is 1. The lowest BCUT2D eigenvalue weighted by atomic mass is 10.3. The van der Waals surface area contributed by atoms with Crippen molar-refractivity contribution in [2.75, 3.05) is 0 Å². The van der Waals surface area contributed by atoms with Gasteiger partial charge in [0.15, 0.2) is 0 Å². The van der Waals surface area contributed by atoms with E-state index in [1.165, 1.54) is 0 Å². The minimum absolute atomic E-state index is 0.0467. The average molecular weight is 195 g/mol. The zero-order valence-electron chi connectivity index (χ0n) is 7.10. The van der Waals surface area contributed by atoms with Crippen molar-refractivity contribution in [2.45, 2.75) is 13.0 Å². The molecule has 0 spiro atoms. The number of carbonyl (C=O) groups excluding carboxylic acids is 1. The third kappa shape index (κ3) is 1.31. The number of aromatic nitrogens is 2. The summed E-state index contributed by atoms with van der Waals surface area (Å²) >= 11 is 1.63. The molecule has 0 aromatic carbocycles. The monoisotopic (exact) mass is 195 g/mol. The number of amides is 1. The van der Waals surface area contributed by atoms with Gasteiger partial charge < -0.3 is 5.32 Å². The van der Waals surface area contributed by atoms with E-state index < -0.39 is 0 Å². The molecule has 0 fully saturated rings. The van der Waals surface area contributed by atoms with Crippen LogP contribution in [0.4, 0.5) is 0 Å². The quantitative estimate of drug-likeness (QED) is 0.748. The van der Waals surface area contributed by atoms with Crippen LogP contribution in [0.25, 0.3) is 4.83 Å². The Balaban J connectivity index is 2.42. The van der Waals surface area contributed by atoms with E-state index in [1.807, 2.05) is 29.1 Å².